The number of hydrogen-bond acceptors (Lipinski definition) is 2. The molecule has 0 spiro atoms. The fourth-order valence-electron chi connectivity index (χ4n) is 2.85. The highest BCUT2D eigenvalue weighted by atomic mass is 16.4. The van der Waals surface area contributed by atoms with Crippen molar-refractivity contribution in [2.24, 2.45) is 5.92 Å². The minimum atomic E-state index is -0.799. The fourth-order valence-corrected chi connectivity index (χ4v) is 2.85. The summed E-state index contributed by atoms with van der Waals surface area (Å²) < 4.78 is 0. The van der Waals surface area contributed by atoms with Gasteiger partial charge in [0.15, 0.2) is 0 Å². The summed E-state index contributed by atoms with van der Waals surface area (Å²) in [7, 11) is 0. The molecule has 1 aliphatic carbocycles. The molecule has 4 nitrogen and oxygen atoms in total. The molecule has 0 saturated heterocycles. The Bertz CT molecular complexity index is 498. The molecule has 2 unspecified atom stereocenters. The molecule has 1 aliphatic rings. The Balaban J connectivity index is 1.84. The van der Waals surface area contributed by atoms with Crippen molar-refractivity contribution < 1.29 is 14.7 Å². The summed E-state index contributed by atoms with van der Waals surface area (Å²) in [6.07, 6.45) is 3.42. The fraction of sp³-hybridized carbons (Fsp3) is 0.500. The van der Waals surface area contributed by atoms with Gasteiger partial charge >= 0.3 is 5.97 Å². The Morgan fingerprint density at radius 2 is 2.05 bits per heavy atom. The second-order valence-electron chi connectivity index (χ2n) is 5.48. The quantitative estimate of drug-likeness (QED) is 0.866. The van der Waals surface area contributed by atoms with Crippen molar-refractivity contribution in [2.75, 3.05) is 0 Å². The average molecular weight is 275 g/mol. The van der Waals surface area contributed by atoms with Gasteiger partial charge in [0.2, 0.25) is 5.91 Å². The summed E-state index contributed by atoms with van der Waals surface area (Å²) in [4.78, 5) is 23.0. The predicted molar refractivity (Wildman–Crippen MR) is 76.4 cm³/mol. The van der Waals surface area contributed by atoms with Crippen molar-refractivity contribution in [3.8, 4) is 0 Å². The summed E-state index contributed by atoms with van der Waals surface area (Å²) in [6, 6.07) is 7.81. The van der Waals surface area contributed by atoms with Crippen LogP contribution >= 0.6 is 0 Å². The lowest BCUT2D eigenvalue weighted by Crippen LogP contribution is -2.40. The van der Waals surface area contributed by atoms with Gasteiger partial charge in [0.1, 0.15) is 0 Å². The van der Waals surface area contributed by atoms with E-state index in [1.165, 1.54) is 11.1 Å². The summed E-state index contributed by atoms with van der Waals surface area (Å²) in [5.74, 6) is -1.27. The molecule has 0 radical (unpaired) electrons. The second kappa shape index (κ2) is 6.55. The Morgan fingerprint density at radius 1 is 1.30 bits per heavy atom. The minimum absolute atomic E-state index is 0.0496. The van der Waals surface area contributed by atoms with Gasteiger partial charge in [0.25, 0.3) is 0 Å². The number of carboxylic acids is 1. The monoisotopic (exact) mass is 275 g/mol. The van der Waals surface area contributed by atoms with E-state index in [4.69, 9.17) is 5.11 Å². The van der Waals surface area contributed by atoms with E-state index in [1.54, 1.807) is 0 Å². The number of carboxylic acid groups (broad SMARTS) is 1. The van der Waals surface area contributed by atoms with Gasteiger partial charge in [-0.25, -0.2) is 0 Å². The van der Waals surface area contributed by atoms with Crippen LogP contribution < -0.4 is 5.32 Å². The zero-order chi connectivity index (χ0) is 14.5. The number of nitrogens with one attached hydrogen (secondary N) is 1. The van der Waals surface area contributed by atoms with Crippen molar-refractivity contribution in [3.63, 3.8) is 0 Å². The highest BCUT2D eigenvalue weighted by molar-refractivity contribution is 5.78. The Hall–Kier alpha value is -1.84. The van der Waals surface area contributed by atoms with Crippen LogP contribution in [0.1, 0.15) is 36.8 Å². The lowest BCUT2D eigenvalue weighted by Gasteiger charge is -2.17. The van der Waals surface area contributed by atoms with Gasteiger partial charge in [0.05, 0.1) is 5.92 Å². The molecule has 4 heteroatoms. The van der Waals surface area contributed by atoms with E-state index in [2.05, 4.69) is 5.32 Å². The number of carbonyl (C=O) groups excluding carboxylic acids is 1. The Kier molecular flexibility index (Phi) is 4.77. The smallest absolute Gasteiger partial charge is 0.308 e. The first-order valence-corrected chi connectivity index (χ1v) is 7.14. The van der Waals surface area contributed by atoms with Crippen LogP contribution in [0.5, 0.6) is 0 Å². The second-order valence-corrected chi connectivity index (χ2v) is 5.48. The maximum atomic E-state index is 11.9. The molecule has 1 fully saturated rings. The maximum absolute atomic E-state index is 11.9. The molecule has 1 saturated carbocycles. The third-order valence-electron chi connectivity index (χ3n) is 4.06. The molecule has 0 heterocycles. The highest BCUT2D eigenvalue weighted by Crippen LogP contribution is 2.25. The molecule has 20 heavy (non-hydrogen) atoms. The summed E-state index contributed by atoms with van der Waals surface area (Å²) in [5, 5.41) is 12.0. The maximum Gasteiger partial charge on any atom is 0.308 e. The van der Waals surface area contributed by atoms with Crippen LogP contribution in [0.3, 0.4) is 0 Å². The largest absolute Gasteiger partial charge is 0.481 e. The van der Waals surface area contributed by atoms with Crippen LogP contribution in [0.25, 0.3) is 0 Å². The topological polar surface area (TPSA) is 66.4 Å². The van der Waals surface area contributed by atoms with Gasteiger partial charge in [-0.3, -0.25) is 9.59 Å². The van der Waals surface area contributed by atoms with E-state index in [9.17, 15) is 9.59 Å². The van der Waals surface area contributed by atoms with E-state index >= 15 is 0 Å². The van der Waals surface area contributed by atoms with E-state index in [0.29, 0.717) is 19.3 Å². The number of hydrogen-bond donors (Lipinski definition) is 2. The predicted octanol–water partition coefficient (Wildman–Crippen LogP) is 2.30. The van der Waals surface area contributed by atoms with Crippen LogP contribution in [0.4, 0.5) is 0 Å². The van der Waals surface area contributed by atoms with Crippen LogP contribution in [-0.4, -0.2) is 23.0 Å². The first-order valence-electron chi connectivity index (χ1n) is 7.14. The SMILES string of the molecule is Cc1ccccc1CCC(=O)NC1CCCC1C(=O)O. The Labute approximate surface area is 119 Å². The first kappa shape index (κ1) is 14.6. The number of rotatable bonds is 5. The number of amides is 1. The highest BCUT2D eigenvalue weighted by Gasteiger charge is 2.33. The molecular formula is C16H21NO3. The number of carbonyl (C=O) groups is 2. The minimum Gasteiger partial charge on any atom is -0.481 e. The average Bonchev–Trinajstić information content (AvgIpc) is 2.86. The lowest BCUT2D eigenvalue weighted by molar-refractivity contribution is -0.142. The third kappa shape index (κ3) is 3.59. The summed E-state index contributed by atoms with van der Waals surface area (Å²) in [6.45, 7) is 2.03. The van der Waals surface area contributed by atoms with Crippen LogP contribution in [-0.2, 0) is 16.0 Å². The van der Waals surface area contributed by atoms with E-state index < -0.39 is 11.9 Å². The van der Waals surface area contributed by atoms with Gasteiger partial charge in [-0.05, 0) is 37.3 Å². The number of aryl methyl sites for hydroxylation is 2. The molecule has 0 bridgehead atoms. The first-order chi connectivity index (χ1) is 9.58. The molecule has 1 aromatic rings. The van der Waals surface area contributed by atoms with Gasteiger partial charge in [0, 0.05) is 12.5 Å². The van der Waals surface area contributed by atoms with E-state index in [1.807, 2.05) is 31.2 Å². The van der Waals surface area contributed by atoms with Crippen molar-refractivity contribution in [1.82, 2.24) is 5.32 Å². The molecule has 0 aromatic heterocycles. The molecule has 108 valence electrons. The van der Waals surface area contributed by atoms with Crippen LogP contribution in [0, 0.1) is 12.8 Å². The normalized spacial score (nSPS) is 21.6. The number of aliphatic carboxylic acids is 1. The van der Waals surface area contributed by atoms with Gasteiger partial charge in [-0.15, -0.1) is 0 Å². The van der Waals surface area contributed by atoms with Crippen molar-refractivity contribution >= 4 is 11.9 Å². The summed E-state index contributed by atoms with van der Waals surface area (Å²) in [5.41, 5.74) is 2.36. The molecule has 2 atom stereocenters. The molecule has 1 amide bonds. The Morgan fingerprint density at radius 3 is 2.75 bits per heavy atom. The summed E-state index contributed by atoms with van der Waals surface area (Å²) >= 11 is 0. The number of benzene rings is 1. The van der Waals surface area contributed by atoms with Crippen molar-refractivity contribution in [2.45, 2.75) is 45.1 Å². The zero-order valence-corrected chi connectivity index (χ0v) is 11.8. The third-order valence-corrected chi connectivity index (χ3v) is 4.06. The van der Waals surface area contributed by atoms with E-state index in [-0.39, 0.29) is 11.9 Å². The van der Waals surface area contributed by atoms with Gasteiger partial charge in [-0.1, -0.05) is 30.7 Å². The van der Waals surface area contributed by atoms with Crippen LogP contribution in [0.15, 0.2) is 24.3 Å². The molecule has 1 aromatic carbocycles. The van der Waals surface area contributed by atoms with Gasteiger partial charge < -0.3 is 10.4 Å². The molecule has 2 rings (SSSR count). The van der Waals surface area contributed by atoms with Crippen LogP contribution in [0.2, 0.25) is 0 Å². The standard InChI is InChI=1S/C16H21NO3/c1-11-5-2-3-6-12(11)9-10-15(18)17-14-8-4-7-13(14)16(19)20/h2-3,5-6,13-14H,4,7-10H2,1H3,(H,17,18)(H,19,20). The lowest BCUT2D eigenvalue weighted by atomic mass is 10.0. The van der Waals surface area contributed by atoms with Crippen molar-refractivity contribution in [3.05, 3.63) is 35.4 Å². The zero-order valence-electron chi connectivity index (χ0n) is 11.8. The van der Waals surface area contributed by atoms with Crippen molar-refractivity contribution in [1.29, 1.82) is 0 Å². The molecular weight excluding hydrogens is 254 g/mol. The molecule has 0 aliphatic heterocycles. The molecule has 2 N–H and O–H groups in total. The van der Waals surface area contributed by atoms with Gasteiger partial charge in [-0.2, -0.15) is 0 Å². The van der Waals surface area contributed by atoms with E-state index in [0.717, 1.165) is 12.8 Å².